The Hall–Kier alpha value is -2.55. The molecule has 1 heterocycles. The molecule has 1 amide bonds. The molecule has 0 spiro atoms. The maximum Gasteiger partial charge on any atom is 0.247 e. The zero-order chi connectivity index (χ0) is 15.5. The topological polar surface area (TPSA) is 34.0 Å². The van der Waals surface area contributed by atoms with Gasteiger partial charge in [0.1, 0.15) is 6.04 Å². The molecule has 0 aliphatic rings. The summed E-state index contributed by atoms with van der Waals surface area (Å²) in [5.74, 6) is -0.0109. The number of nitrogens with one attached hydrogen (secondary N) is 1. The highest BCUT2D eigenvalue weighted by Gasteiger charge is 2.16. The van der Waals surface area contributed by atoms with Gasteiger partial charge in [0, 0.05) is 17.4 Å². The van der Waals surface area contributed by atoms with Crippen LogP contribution >= 0.6 is 0 Å². The van der Waals surface area contributed by atoms with Crippen molar-refractivity contribution in [3.63, 3.8) is 0 Å². The number of aryl methyl sites for hydroxylation is 1. The predicted molar refractivity (Wildman–Crippen MR) is 91.1 cm³/mol. The first kappa shape index (κ1) is 14.4. The standard InChI is InChI=1S/C19H20N2O/c1-3-15-9-10-18-16(13-15)11-12-21(18)14(2)19(22)20-17-7-5-4-6-8-17/h4-14H,3H2,1-2H3,(H,20,22). The van der Waals surface area contributed by atoms with Crippen LogP contribution in [0.3, 0.4) is 0 Å². The highest BCUT2D eigenvalue weighted by Crippen LogP contribution is 2.22. The normalized spacial score (nSPS) is 12.3. The lowest BCUT2D eigenvalue weighted by Crippen LogP contribution is -2.23. The van der Waals surface area contributed by atoms with Gasteiger partial charge in [-0.05, 0) is 54.6 Å². The number of para-hydroxylation sites is 1. The van der Waals surface area contributed by atoms with Gasteiger partial charge in [-0.25, -0.2) is 0 Å². The van der Waals surface area contributed by atoms with Gasteiger partial charge in [0.05, 0.1) is 0 Å². The average Bonchev–Trinajstić information content (AvgIpc) is 2.97. The second-order valence-electron chi connectivity index (χ2n) is 5.50. The summed E-state index contributed by atoms with van der Waals surface area (Å²) < 4.78 is 2.02. The second-order valence-corrected chi connectivity index (χ2v) is 5.50. The quantitative estimate of drug-likeness (QED) is 0.759. The van der Waals surface area contributed by atoms with E-state index >= 15 is 0 Å². The first-order valence-electron chi connectivity index (χ1n) is 7.64. The molecule has 0 fully saturated rings. The van der Waals surface area contributed by atoms with Crippen molar-refractivity contribution < 1.29 is 4.79 Å². The van der Waals surface area contributed by atoms with Crippen LogP contribution in [0.25, 0.3) is 10.9 Å². The molecule has 0 radical (unpaired) electrons. The van der Waals surface area contributed by atoms with Gasteiger partial charge in [-0.2, -0.15) is 0 Å². The van der Waals surface area contributed by atoms with E-state index in [1.165, 1.54) is 10.9 Å². The Bertz CT molecular complexity index is 790. The molecule has 3 aromatic rings. The second kappa shape index (κ2) is 6.06. The van der Waals surface area contributed by atoms with Crippen LogP contribution in [0.1, 0.15) is 25.5 Å². The highest BCUT2D eigenvalue weighted by atomic mass is 16.2. The van der Waals surface area contributed by atoms with Gasteiger partial charge in [0.2, 0.25) is 5.91 Å². The molecule has 0 bridgehead atoms. The number of aromatic nitrogens is 1. The number of anilines is 1. The highest BCUT2D eigenvalue weighted by molar-refractivity contribution is 5.95. The van der Waals surface area contributed by atoms with Crippen LogP contribution < -0.4 is 5.32 Å². The molecule has 0 saturated heterocycles. The van der Waals surface area contributed by atoms with Crippen molar-refractivity contribution in [1.82, 2.24) is 4.57 Å². The van der Waals surface area contributed by atoms with E-state index in [1.807, 2.05) is 48.0 Å². The summed E-state index contributed by atoms with van der Waals surface area (Å²) >= 11 is 0. The molecule has 1 N–H and O–H groups in total. The van der Waals surface area contributed by atoms with E-state index < -0.39 is 0 Å². The zero-order valence-electron chi connectivity index (χ0n) is 12.9. The Morgan fingerprint density at radius 1 is 1.14 bits per heavy atom. The SMILES string of the molecule is CCc1ccc2c(ccn2C(C)C(=O)Nc2ccccc2)c1. The summed E-state index contributed by atoms with van der Waals surface area (Å²) in [6, 6.07) is 17.8. The minimum absolute atomic E-state index is 0.0109. The number of amides is 1. The summed E-state index contributed by atoms with van der Waals surface area (Å²) in [6.45, 7) is 4.07. The van der Waals surface area contributed by atoms with Crippen LogP contribution in [-0.2, 0) is 11.2 Å². The van der Waals surface area contributed by atoms with Crippen molar-refractivity contribution in [2.75, 3.05) is 5.32 Å². The zero-order valence-corrected chi connectivity index (χ0v) is 12.9. The third kappa shape index (κ3) is 2.75. The lowest BCUT2D eigenvalue weighted by atomic mass is 10.1. The molecule has 22 heavy (non-hydrogen) atoms. The molecule has 0 saturated carbocycles. The van der Waals surface area contributed by atoms with Gasteiger partial charge in [-0.3, -0.25) is 4.79 Å². The van der Waals surface area contributed by atoms with E-state index in [2.05, 4.69) is 36.5 Å². The van der Waals surface area contributed by atoms with Crippen LogP contribution in [0.5, 0.6) is 0 Å². The maximum absolute atomic E-state index is 12.4. The number of carbonyl (C=O) groups excluding carboxylic acids is 1. The van der Waals surface area contributed by atoms with Crippen molar-refractivity contribution >= 4 is 22.5 Å². The van der Waals surface area contributed by atoms with E-state index in [9.17, 15) is 4.79 Å². The summed E-state index contributed by atoms with van der Waals surface area (Å²) in [6.07, 6.45) is 3.00. The number of hydrogen-bond donors (Lipinski definition) is 1. The Morgan fingerprint density at radius 2 is 1.91 bits per heavy atom. The predicted octanol–water partition coefficient (Wildman–Crippen LogP) is 4.40. The first-order valence-corrected chi connectivity index (χ1v) is 7.64. The number of fused-ring (bicyclic) bond motifs is 1. The van der Waals surface area contributed by atoms with Crippen LogP contribution in [0.4, 0.5) is 5.69 Å². The molecule has 0 aliphatic heterocycles. The van der Waals surface area contributed by atoms with E-state index in [4.69, 9.17) is 0 Å². The lowest BCUT2D eigenvalue weighted by Gasteiger charge is -2.15. The monoisotopic (exact) mass is 292 g/mol. The third-order valence-corrected chi connectivity index (χ3v) is 4.03. The van der Waals surface area contributed by atoms with Crippen LogP contribution in [0.15, 0.2) is 60.8 Å². The Morgan fingerprint density at radius 3 is 2.64 bits per heavy atom. The largest absolute Gasteiger partial charge is 0.335 e. The van der Waals surface area contributed by atoms with Crippen molar-refractivity contribution in [2.45, 2.75) is 26.3 Å². The van der Waals surface area contributed by atoms with Gasteiger partial charge >= 0.3 is 0 Å². The molecule has 3 nitrogen and oxygen atoms in total. The first-order chi connectivity index (χ1) is 10.7. The molecule has 3 heteroatoms. The van der Waals surface area contributed by atoms with Crippen LogP contribution in [0.2, 0.25) is 0 Å². The van der Waals surface area contributed by atoms with Crippen molar-refractivity contribution in [3.8, 4) is 0 Å². The number of benzene rings is 2. The molecule has 1 atom stereocenters. The molecular weight excluding hydrogens is 272 g/mol. The van der Waals surface area contributed by atoms with Crippen LogP contribution in [0, 0.1) is 0 Å². The summed E-state index contributed by atoms with van der Waals surface area (Å²) in [5.41, 5.74) is 3.23. The molecule has 112 valence electrons. The maximum atomic E-state index is 12.4. The van der Waals surface area contributed by atoms with Crippen LogP contribution in [-0.4, -0.2) is 10.5 Å². The van der Waals surface area contributed by atoms with E-state index in [0.29, 0.717) is 0 Å². The van der Waals surface area contributed by atoms with Gasteiger partial charge in [-0.15, -0.1) is 0 Å². The molecule has 1 aromatic heterocycles. The fourth-order valence-electron chi connectivity index (χ4n) is 2.67. The van der Waals surface area contributed by atoms with Gasteiger partial charge < -0.3 is 9.88 Å². The van der Waals surface area contributed by atoms with E-state index in [0.717, 1.165) is 17.6 Å². The Labute approximate surface area is 130 Å². The number of nitrogens with zero attached hydrogens (tertiary/aromatic N) is 1. The minimum atomic E-state index is -0.259. The summed E-state index contributed by atoms with van der Waals surface area (Å²) in [7, 11) is 0. The molecule has 0 aliphatic carbocycles. The van der Waals surface area contributed by atoms with Crippen molar-refractivity contribution in [2.24, 2.45) is 0 Å². The number of rotatable bonds is 4. The molecular formula is C19H20N2O. The molecule has 1 unspecified atom stereocenters. The summed E-state index contributed by atoms with van der Waals surface area (Å²) in [4.78, 5) is 12.4. The van der Waals surface area contributed by atoms with Crippen molar-refractivity contribution in [3.05, 3.63) is 66.4 Å². The lowest BCUT2D eigenvalue weighted by molar-refractivity contribution is -0.118. The molecule has 2 aromatic carbocycles. The minimum Gasteiger partial charge on any atom is -0.335 e. The van der Waals surface area contributed by atoms with E-state index in [-0.39, 0.29) is 11.9 Å². The fourth-order valence-corrected chi connectivity index (χ4v) is 2.67. The summed E-state index contributed by atoms with van der Waals surface area (Å²) in [5, 5.41) is 4.14. The smallest absolute Gasteiger partial charge is 0.247 e. The van der Waals surface area contributed by atoms with Gasteiger partial charge in [-0.1, -0.05) is 31.2 Å². The number of hydrogen-bond acceptors (Lipinski definition) is 1. The van der Waals surface area contributed by atoms with Gasteiger partial charge in [0.25, 0.3) is 0 Å². The molecule has 3 rings (SSSR count). The average molecular weight is 292 g/mol. The Balaban J connectivity index is 1.85. The van der Waals surface area contributed by atoms with E-state index in [1.54, 1.807) is 0 Å². The number of carbonyl (C=O) groups is 1. The van der Waals surface area contributed by atoms with Gasteiger partial charge in [0.15, 0.2) is 0 Å². The Kier molecular flexibility index (Phi) is 3.96. The third-order valence-electron chi connectivity index (χ3n) is 4.03. The fraction of sp³-hybridized carbons (Fsp3) is 0.211. The van der Waals surface area contributed by atoms with Crippen molar-refractivity contribution in [1.29, 1.82) is 0 Å².